The summed E-state index contributed by atoms with van der Waals surface area (Å²) in [5, 5.41) is 19.1. The van der Waals surface area contributed by atoms with Gasteiger partial charge < -0.3 is 15.1 Å². The van der Waals surface area contributed by atoms with E-state index in [1.807, 2.05) is 41.3 Å². The van der Waals surface area contributed by atoms with Gasteiger partial charge in [0.15, 0.2) is 0 Å². The Kier molecular flexibility index (Phi) is 6.75. The summed E-state index contributed by atoms with van der Waals surface area (Å²) < 4.78 is 0. The van der Waals surface area contributed by atoms with Crippen LogP contribution in [0, 0.1) is 0 Å². The van der Waals surface area contributed by atoms with Crippen LogP contribution in [-0.2, 0) is 4.79 Å². The first-order chi connectivity index (χ1) is 13.5. The quantitative estimate of drug-likeness (QED) is 0.689. The highest BCUT2D eigenvalue weighted by Crippen LogP contribution is 2.32. The summed E-state index contributed by atoms with van der Waals surface area (Å²) in [6, 6.07) is 16.6. The fourth-order valence-corrected chi connectivity index (χ4v) is 4.48. The maximum absolute atomic E-state index is 13.2. The van der Waals surface area contributed by atoms with Gasteiger partial charge in [-0.25, -0.2) is 0 Å². The third kappa shape index (κ3) is 4.75. The average Bonchev–Trinajstić information content (AvgIpc) is 3.16. The minimum atomic E-state index is -0.905. The lowest BCUT2D eigenvalue weighted by Crippen LogP contribution is -2.36. The average molecular weight is 400 g/mol. The maximum Gasteiger partial charge on any atom is 0.316 e. The normalized spacial score (nSPS) is 18.6. The van der Waals surface area contributed by atoms with Crippen LogP contribution in [0.3, 0.4) is 0 Å². The number of benzene rings is 2. The lowest BCUT2D eigenvalue weighted by molar-refractivity contribution is -0.136. The minimum Gasteiger partial charge on any atom is -0.480 e. The van der Waals surface area contributed by atoms with Crippen molar-refractivity contribution in [2.24, 2.45) is 0 Å². The Labute approximate surface area is 169 Å². The maximum atomic E-state index is 13.2. The van der Waals surface area contributed by atoms with Crippen LogP contribution in [0.25, 0.3) is 0 Å². The smallest absolute Gasteiger partial charge is 0.316 e. The highest BCUT2D eigenvalue weighted by Gasteiger charge is 2.32. The van der Waals surface area contributed by atoms with Crippen molar-refractivity contribution in [3.05, 3.63) is 65.7 Å². The van der Waals surface area contributed by atoms with Gasteiger partial charge in [-0.15, -0.1) is 11.8 Å². The van der Waals surface area contributed by atoms with E-state index in [9.17, 15) is 19.8 Å². The molecule has 2 aromatic rings. The summed E-state index contributed by atoms with van der Waals surface area (Å²) in [5.74, 6) is -0.999. The predicted molar refractivity (Wildman–Crippen MR) is 109 cm³/mol. The minimum absolute atomic E-state index is 0.0299. The van der Waals surface area contributed by atoms with Gasteiger partial charge in [-0.05, 0) is 43.9 Å². The number of carbonyl (C=O) groups is 2. The fourth-order valence-electron chi connectivity index (χ4n) is 3.56. The van der Waals surface area contributed by atoms with Gasteiger partial charge in [-0.2, -0.15) is 0 Å². The molecular formula is C22H25NO4S. The number of aliphatic carboxylic acids is 1. The zero-order valence-corrected chi connectivity index (χ0v) is 16.6. The zero-order valence-electron chi connectivity index (χ0n) is 15.8. The van der Waals surface area contributed by atoms with Crippen LogP contribution in [0.15, 0.2) is 59.5 Å². The molecule has 1 aliphatic rings. The van der Waals surface area contributed by atoms with E-state index in [2.05, 4.69) is 0 Å². The number of likely N-dealkylation sites (tertiary alicyclic amines) is 1. The molecule has 2 N–H and O–H groups in total. The van der Waals surface area contributed by atoms with E-state index >= 15 is 0 Å². The van der Waals surface area contributed by atoms with Crippen molar-refractivity contribution in [1.82, 2.24) is 4.90 Å². The van der Waals surface area contributed by atoms with Gasteiger partial charge in [0.1, 0.15) is 5.25 Å². The molecule has 28 heavy (non-hydrogen) atoms. The van der Waals surface area contributed by atoms with Crippen LogP contribution >= 0.6 is 11.8 Å². The number of hydrogen-bond acceptors (Lipinski definition) is 4. The predicted octanol–water partition coefficient (Wildman–Crippen LogP) is 3.98. The molecule has 0 radical (unpaired) electrons. The Hall–Kier alpha value is -2.31. The van der Waals surface area contributed by atoms with E-state index in [4.69, 9.17) is 0 Å². The van der Waals surface area contributed by atoms with Crippen molar-refractivity contribution in [3.63, 3.8) is 0 Å². The van der Waals surface area contributed by atoms with Gasteiger partial charge in [0.05, 0.1) is 11.7 Å². The Balaban J connectivity index is 1.75. The first kappa shape index (κ1) is 20.4. The lowest BCUT2D eigenvalue weighted by Gasteiger charge is -2.27. The Bertz CT molecular complexity index is 826. The number of carboxylic acids is 1. The van der Waals surface area contributed by atoms with E-state index in [1.165, 1.54) is 11.8 Å². The summed E-state index contributed by atoms with van der Waals surface area (Å²) in [4.78, 5) is 26.9. The van der Waals surface area contributed by atoms with Crippen LogP contribution in [0.1, 0.15) is 48.2 Å². The van der Waals surface area contributed by atoms with Crippen molar-refractivity contribution >= 4 is 23.6 Å². The first-order valence-electron chi connectivity index (χ1n) is 9.50. The highest BCUT2D eigenvalue weighted by atomic mass is 32.2. The van der Waals surface area contributed by atoms with E-state index in [0.717, 1.165) is 18.4 Å². The van der Waals surface area contributed by atoms with E-state index in [-0.39, 0.29) is 11.9 Å². The monoisotopic (exact) mass is 399 g/mol. The van der Waals surface area contributed by atoms with Crippen LogP contribution in [0.4, 0.5) is 0 Å². The van der Waals surface area contributed by atoms with Crippen LogP contribution in [-0.4, -0.2) is 44.8 Å². The van der Waals surface area contributed by atoms with Gasteiger partial charge in [-0.1, -0.05) is 42.5 Å². The summed E-state index contributed by atoms with van der Waals surface area (Å²) in [7, 11) is 0. The second kappa shape index (κ2) is 9.26. The highest BCUT2D eigenvalue weighted by molar-refractivity contribution is 8.00. The van der Waals surface area contributed by atoms with Gasteiger partial charge in [0.2, 0.25) is 0 Å². The molecule has 1 fully saturated rings. The van der Waals surface area contributed by atoms with E-state index in [0.29, 0.717) is 23.4 Å². The Morgan fingerprint density at radius 2 is 1.82 bits per heavy atom. The van der Waals surface area contributed by atoms with Crippen molar-refractivity contribution < 1.29 is 19.8 Å². The topological polar surface area (TPSA) is 77.8 Å². The Morgan fingerprint density at radius 3 is 2.54 bits per heavy atom. The molecule has 3 rings (SSSR count). The largest absolute Gasteiger partial charge is 0.480 e. The van der Waals surface area contributed by atoms with Crippen molar-refractivity contribution in [2.45, 2.75) is 48.5 Å². The summed E-state index contributed by atoms with van der Waals surface area (Å²) in [6.45, 7) is 2.27. The number of thioether (sulfide) groups is 1. The second-order valence-electron chi connectivity index (χ2n) is 7.05. The van der Waals surface area contributed by atoms with Crippen molar-refractivity contribution in [3.8, 4) is 0 Å². The molecule has 3 atom stereocenters. The molecule has 0 bridgehead atoms. The van der Waals surface area contributed by atoms with Crippen molar-refractivity contribution in [1.29, 1.82) is 0 Å². The zero-order chi connectivity index (χ0) is 20.1. The van der Waals surface area contributed by atoms with E-state index < -0.39 is 17.3 Å². The van der Waals surface area contributed by atoms with Gasteiger partial charge in [0.25, 0.3) is 5.91 Å². The molecule has 148 valence electrons. The van der Waals surface area contributed by atoms with Gasteiger partial charge in [0, 0.05) is 17.5 Å². The van der Waals surface area contributed by atoms with Crippen LogP contribution in [0.2, 0.25) is 0 Å². The number of aliphatic hydroxyl groups excluding tert-OH is 1. The van der Waals surface area contributed by atoms with Crippen LogP contribution < -0.4 is 0 Å². The molecule has 1 amide bonds. The molecule has 0 saturated carbocycles. The summed E-state index contributed by atoms with van der Waals surface area (Å²) in [6.07, 6.45) is 1.64. The number of carboxylic acid groups (broad SMARTS) is 1. The molecular weight excluding hydrogens is 374 g/mol. The SMILES string of the molecule is CC(Sc1ccccc1C(=O)N1CCCC1CC(O)c1ccccc1)C(=O)O. The molecule has 1 heterocycles. The number of hydrogen-bond donors (Lipinski definition) is 2. The number of nitrogens with zero attached hydrogens (tertiary/aromatic N) is 1. The van der Waals surface area contributed by atoms with E-state index in [1.54, 1.807) is 25.1 Å². The summed E-state index contributed by atoms with van der Waals surface area (Å²) >= 11 is 1.18. The lowest BCUT2D eigenvalue weighted by atomic mass is 10.00. The van der Waals surface area contributed by atoms with Gasteiger partial charge in [-0.3, -0.25) is 9.59 Å². The Morgan fingerprint density at radius 1 is 1.14 bits per heavy atom. The molecule has 2 aromatic carbocycles. The molecule has 0 aliphatic carbocycles. The molecule has 1 saturated heterocycles. The van der Waals surface area contributed by atoms with Crippen LogP contribution in [0.5, 0.6) is 0 Å². The third-order valence-electron chi connectivity index (χ3n) is 5.09. The summed E-state index contributed by atoms with van der Waals surface area (Å²) in [5.41, 5.74) is 1.38. The first-order valence-corrected chi connectivity index (χ1v) is 10.4. The third-order valence-corrected chi connectivity index (χ3v) is 6.25. The second-order valence-corrected chi connectivity index (χ2v) is 8.43. The molecule has 5 nitrogen and oxygen atoms in total. The molecule has 6 heteroatoms. The van der Waals surface area contributed by atoms with Crippen molar-refractivity contribution in [2.75, 3.05) is 6.54 Å². The molecule has 0 aromatic heterocycles. The van der Waals surface area contributed by atoms with Gasteiger partial charge >= 0.3 is 5.97 Å². The number of rotatable bonds is 7. The molecule has 3 unspecified atom stereocenters. The number of carbonyl (C=O) groups excluding carboxylic acids is 1. The standard InChI is InChI=1S/C22H25NO4S/c1-15(22(26)27)28-20-12-6-5-11-18(20)21(25)23-13-7-10-17(23)14-19(24)16-8-3-2-4-9-16/h2-6,8-9,11-12,15,17,19,24H,7,10,13-14H2,1H3,(H,26,27). The fraction of sp³-hybridized carbons (Fsp3) is 0.364. The molecule has 1 aliphatic heterocycles. The molecule has 0 spiro atoms. The number of amides is 1. The number of aliphatic hydroxyl groups is 1.